The van der Waals surface area contributed by atoms with Gasteiger partial charge in [-0.1, -0.05) is 164 Å². The molecular weight excluding hydrogens is 777 g/mol. The Morgan fingerprint density at radius 2 is 0.812 bits per heavy atom. The Labute approximate surface area is 374 Å². The van der Waals surface area contributed by atoms with Gasteiger partial charge >= 0.3 is 0 Å². The van der Waals surface area contributed by atoms with Crippen molar-refractivity contribution in [3.8, 4) is 61.8 Å². The minimum atomic E-state index is 0.736. The number of benzene rings is 9. The van der Waals surface area contributed by atoms with Crippen molar-refractivity contribution in [3.05, 3.63) is 242 Å². The zero-order valence-electron chi connectivity index (χ0n) is 35.7. The molecule has 0 amide bonds. The lowest BCUT2D eigenvalue weighted by Crippen LogP contribution is -2.09. The summed E-state index contributed by atoms with van der Waals surface area (Å²) < 4.78 is 2.38. The number of hydrogen-bond donors (Lipinski definition) is 0. The molecule has 0 aliphatic heterocycles. The second-order valence-electron chi connectivity index (χ2n) is 16.4. The van der Waals surface area contributed by atoms with Gasteiger partial charge in [0.05, 0.1) is 22.4 Å². The topological polar surface area (TPSA) is 34.0 Å². The van der Waals surface area contributed by atoms with Crippen LogP contribution in [0.25, 0.3) is 83.6 Å². The molecule has 64 heavy (non-hydrogen) atoms. The number of fused-ring (bicyclic) bond motifs is 3. The van der Waals surface area contributed by atoms with Crippen LogP contribution in [0.4, 0.5) is 17.1 Å². The zero-order chi connectivity index (χ0) is 43.0. The fourth-order valence-electron chi connectivity index (χ4n) is 9.01. The van der Waals surface area contributed by atoms with E-state index >= 15 is 0 Å². The number of anilines is 3. The SMILES string of the molecule is Cc1ccccc1-c1cc(-c2ccc(-c3ccc(-c4ccc(-n5c6ccccc6c6cc(N(c7ccccc7)c7ccccc7)ccc65)cc4)cc3)cc2)nc(-c2ccccc2C)n1. The lowest BCUT2D eigenvalue weighted by molar-refractivity contribution is 1.17. The molecule has 4 nitrogen and oxygen atoms in total. The molecule has 11 rings (SSSR count). The Morgan fingerprint density at radius 1 is 0.344 bits per heavy atom. The normalized spacial score (nSPS) is 11.3. The van der Waals surface area contributed by atoms with Gasteiger partial charge in [0.2, 0.25) is 0 Å². The van der Waals surface area contributed by atoms with Crippen molar-refractivity contribution in [2.24, 2.45) is 0 Å². The largest absolute Gasteiger partial charge is 0.310 e. The molecule has 2 heterocycles. The van der Waals surface area contributed by atoms with Gasteiger partial charge in [-0.05, 0) is 114 Å². The summed E-state index contributed by atoms with van der Waals surface area (Å²) in [7, 11) is 0. The van der Waals surface area contributed by atoms with Crippen molar-refractivity contribution in [1.29, 1.82) is 0 Å². The summed E-state index contributed by atoms with van der Waals surface area (Å²) in [6, 6.07) is 82.1. The Bertz CT molecular complexity index is 3320. The minimum absolute atomic E-state index is 0.736. The third kappa shape index (κ3) is 7.21. The molecule has 0 saturated carbocycles. The van der Waals surface area contributed by atoms with Crippen LogP contribution in [0.3, 0.4) is 0 Å². The Balaban J connectivity index is 0.876. The standard InChI is InChI=1S/C60H44N4/c1-41-15-9-11-21-52(41)57-40-56(61-60(62-57)53-22-12-10-16-42(53)2)47-31-29-45(30-32-47)43-25-27-44(28-26-43)46-33-35-50(36-34-46)64-58-24-14-13-23-54(58)55-39-51(37-38-59(55)64)63(48-17-5-3-6-18-48)49-19-7-4-8-20-49/h3-40H,1-2H3. The van der Waals surface area contributed by atoms with Gasteiger partial charge in [0, 0.05) is 50.2 Å². The molecule has 0 bridgehead atoms. The van der Waals surface area contributed by atoms with Crippen LogP contribution in [0, 0.1) is 13.8 Å². The first-order chi connectivity index (χ1) is 31.6. The second-order valence-corrected chi connectivity index (χ2v) is 16.4. The summed E-state index contributed by atoms with van der Waals surface area (Å²) in [4.78, 5) is 12.5. The van der Waals surface area contributed by atoms with Gasteiger partial charge in [-0.2, -0.15) is 0 Å². The molecule has 0 fully saturated rings. The van der Waals surface area contributed by atoms with Gasteiger partial charge in [-0.25, -0.2) is 9.97 Å². The first-order valence-corrected chi connectivity index (χ1v) is 21.8. The molecule has 0 aliphatic carbocycles. The van der Waals surface area contributed by atoms with Crippen LogP contribution >= 0.6 is 0 Å². The first kappa shape index (κ1) is 38.6. The van der Waals surface area contributed by atoms with Crippen LogP contribution in [0.15, 0.2) is 231 Å². The van der Waals surface area contributed by atoms with E-state index in [-0.39, 0.29) is 0 Å². The molecule has 0 atom stereocenters. The van der Waals surface area contributed by atoms with Gasteiger partial charge < -0.3 is 9.47 Å². The van der Waals surface area contributed by atoms with E-state index < -0.39 is 0 Å². The number of nitrogens with zero attached hydrogens (tertiary/aromatic N) is 4. The highest BCUT2D eigenvalue weighted by Gasteiger charge is 2.18. The van der Waals surface area contributed by atoms with E-state index in [4.69, 9.17) is 9.97 Å². The number of rotatable bonds is 9. The van der Waals surface area contributed by atoms with Gasteiger partial charge in [0.1, 0.15) is 0 Å². The molecule has 0 unspecified atom stereocenters. The lowest BCUT2D eigenvalue weighted by Gasteiger charge is -2.25. The summed E-state index contributed by atoms with van der Waals surface area (Å²) in [6.07, 6.45) is 0. The molecule has 0 saturated heterocycles. The molecule has 304 valence electrons. The van der Waals surface area contributed by atoms with Crippen LogP contribution < -0.4 is 4.90 Å². The summed E-state index contributed by atoms with van der Waals surface area (Å²) in [5.41, 5.74) is 18.9. The predicted molar refractivity (Wildman–Crippen MR) is 268 cm³/mol. The molecule has 9 aromatic carbocycles. The molecule has 4 heteroatoms. The van der Waals surface area contributed by atoms with E-state index in [0.29, 0.717) is 0 Å². The van der Waals surface area contributed by atoms with Crippen molar-refractivity contribution in [2.75, 3.05) is 4.90 Å². The highest BCUT2D eigenvalue weighted by Crippen LogP contribution is 2.40. The van der Waals surface area contributed by atoms with Crippen LogP contribution in [-0.2, 0) is 0 Å². The fraction of sp³-hybridized carbons (Fsp3) is 0.0333. The third-order valence-corrected chi connectivity index (χ3v) is 12.3. The van der Waals surface area contributed by atoms with E-state index in [1.807, 2.05) is 0 Å². The molecule has 0 aliphatic rings. The van der Waals surface area contributed by atoms with Crippen LogP contribution in [-0.4, -0.2) is 14.5 Å². The maximum Gasteiger partial charge on any atom is 0.160 e. The number of aryl methyl sites for hydroxylation is 2. The lowest BCUT2D eigenvalue weighted by atomic mass is 9.98. The molecule has 0 radical (unpaired) electrons. The molecule has 0 N–H and O–H groups in total. The summed E-state index contributed by atoms with van der Waals surface area (Å²) >= 11 is 0. The maximum absolute atomic E-state index is 5.11. The maximum atomic E-state index is 5.11. The fourth-order valence-corrected chi connectivity index (χ4v) is 9.01. The quantitative estimate of drug-likeness (QED) is 0.145. The number of hydrogen-bond acceptors (Lipinski definition) is 3. The van der Waals surface area contributed by atoms with Crippen LogP contribution in [0.2, 0.25) is 0 Å². The summed E-state index contributed by atoms with van der Waals surface area (Å²) in [6.45, 7) is 4.25. The smallest absolute Gasteiger partial charge is 0.160 e. The predicted octanol–water partition coefficient (Wildman–Crippen LogP) is 16.0. The van der Waals surface area contributed by atoms with E-state index in [2.05, 4.69) is 254 Å². The summed E-state index contributed by atoms with van der Waals surface area (Å²) in [5, 5.41) is 2.44. The number of para-hydroxylation sites is 3. The Morgan fingerprint density at radius 3 is 1.41 bits per heavy atom. The van der Waals surface area contributed by atoms with Crippen molar-refractivity contribution >= 4 is 38.9 Å². The average molecular weight is 821 g/mol. The van der Waals surface area contributed by atoms with E-state index in [9.17, 15) is 0 Å². The Hall–Kier alpha value is -8.34. The van der Waals surface area contributed by atoms with Crippen molar-refractivity contribution in [3.63, 3.8) is 0 Å². The van der Waals surface area contributed by atoms with Gasteiger partial charge in [-0.3, -0.25) is 0 Å². The molecule has 11 aromatic rings. The van der Waals surface area contributed by atoms with Crippen LogP contribution in [0.1, 0.15) is 11.1 Å². The Kier molecular flexibility index (Phi) is 9.95. The highest BCUT2D eigenvalue weighted by molar-refractivity contribution is 6.10. The first-order valence-electron chi connectivity index (χ1n) is 21.8. The number of aromatic nitrogens is 3. The third-order valence-electron chi connectivity index (χ3n) is 12.3. The van der Waals surface area contributed by atoms with Crippen molar-refractivity contribution in [2.45, 2.75) is 13.8 Å². The average Bonchev–Trinajstić information content (AvgIpc) is 3.69. The second kappa shape index (κ2) is 16.5. The summed E-state index contributed by atoms with van der Waals surface area (Å²) in [5.74, 6) is 0.736. The van der Waals surface area contributed by atoms with E-state index in [1.165, 1.54) is 44.1 Å². The monoisotopic (exact) mass is 820 g/mol. The highest BCUT2D eigenvalue weighted by atomic mass is 15.1. The molecular formula is C60H44N4. The van der Waals surface area contributed by atoms with Crippen molar-refractivity contribution < 1.29 is 0 Å². The molecule has 2 aromatic heterocycles. The van der Waals surface area contributed by atoms with E-state index in [1.54, 1.807) is 0 Å². The zero-order valence-corrected chi connectivity index (χ0v) is 35.7. The van der Waals surface area contributed by atoms with Crippen LogP contribution in [0.5, 0.6) is 0 Å². The van der Waals surface area contributed by atoms with Gasteiger partial charge in [0.15, 0.2) is 5.82 Å². The van der Waals surface area contributed by atoms with Crippen molar-refractivity contribution in [1.82, 2.24) is 14.5 Å². The minimum Gasteiger partial charge on any atom is -0.310 e. The van der Waals surface area contributed by atoms with E-state index in [0.717, 1.165) is 67.8 Å². The van der Waals surface area contributed by atoms with Gasteiger partial charge in [0.25, 0.3) is 0 Å². The molecule has 0 spiro atoms. The van der Waals surface area contributed by atoms with Gasteiger partial charge in [-0.15, -0.1) is 0 Å².